The molecule has 2 heteroatoms. The summed E-state index contributed by atoms with van der Waals surface area (Å²) in [4.78, 5) is 0.952. The predicted molar refractivity (Wildman–Crippen MR) is 220 cm³/mol. The highest BCUT2D eigenvalue weighted by atomic mass is 16.3. The maximum absolute atomic E-state index is 9.70. The quantitative estimate of drug-likeness (QED) is 0.174. The van der Waals surface area contributed by atoms with Crippen LogP contribution in [0.5, 0.6) is 0 Å². The van der Waals surface area contributed by atoms with E-state index in [-0.39, 0.29) is 27.8 Å². The van der Waals surface area contributed by atoms with Gasteiger partial charge in [0.15, 0.2) is 0 Å². The fourth-order valence-electron chi connectivity index (χ4n) is 6.89. The molecule has 0 radical (unpaired) electrons. The van der Waals surface area contributed by atoms with Crippen molar-refractivity contribution >= 4 is 60.5 Å². The number of furan rings is 1. The van der Waals surface area contributed by atoms with Crippen LogP contribution in [0.25, 0.3) is 76.9 Å². The third kappa shape index (κ3) is 5.04. The maximum atomic E-state index is 9.70. The molecule has 9 aromatic carbocycles. The lowest BCUT2D eigenvalue weighted by molar-refractivity contribution is 0.674. The Hall–Kier alpha value is -6.90. The molecule has 0 aliphatic carbocycles. The second-order valence-corrected chi connectivity index (χ2v) is 12.3. The Morgan fingerprint density at radius 3 is 1.73 bits per heavy atom. The Bertz CT molecular complexity index is 3540. The van der Waals surface area contributed by atoms with Crippen LogP contribution in [-0.2, 0) is 0 Å². The summed E-state index contributed by atoms with van der Waals surface area (Å²) in [6.45, 7) is 0. The molecule has 10 rings (SSSR count). The van der Waals surface area contributed by atoms with Crippen LogP contribution in [0.1, 0.15) is 16.4 Å². The number of hydrogen-bond acceptors (Lipinski definition) is 2. The van der Waals surface area contributed by atoms with Gasteiger partial charge in [-0.05, 0) is 74.7 Å². The number of hydrogen-bond donors (Lipinski definition) is 0. The predicted octanol–water partition coefficient (Wildman–Crippen LogP) is 14.4. The molecule has 0 aliphatic heterocycles. The van der Waals surface area contributed by atoms with Crippen LogP contribution in [0, 0.1) is 0 Å². The number of fused-ring (bicyclic) bond motifs is 6. The monoisotopic (exact) mass is 675 g/mol. The summed E-state index contributed by atoms with van der Waals surface area (Å²) in [7, 11) is 0. The average Bonchev–Trinajstić information content (AvgIpc) is 3.71. The van der Waals surface area contributed by atoms with Crippen molar-refractivity contribution in [1.29, 1.82) is 0 Å². The lowest BCUT2D eigenvalue weighted by Gasteiger charge is -2.28. The van der Waals surface area contributed by atoms with Crippen LogP contribution in [-0.4, -0.2) is 0 Å². The van der Waals surface area contributed by atoms with E-state index in [9.17, 15) is 13.7 Å². The molecule has 2 nitrogen and oxygen atoms in total. The molecule has 10 aromatic rings. The first-order chi connectivity index (χ1) is 30.8. The summed E-state index contributed by atoms with van der Waals surface area (Å²) in [6.07, 6.45) is 0. The third-order valence-electron chi connectivity index (χ3n) is 9.34. The molecule has 1 aromatic heterocycles. The molecule has 0 spiro atoms. The van der Waals surface area contributed by atoms with Crippen LogP contribution < -0.4 is 4.90 Å². The third-order valence-corrected chi connectivity index (χ3v) is 9.34. The van der Waals surface area contributed by atoms with Crippen LogP contribution in [0.4, 0.5) is 17.1 Å². The van der Waals surface area contributed by atoms with Crippen LogP contribution in [0.3, 0.4) is 0 Å². The van der Waals surface area contributed by atoms with Crippen molar-refractivity contribution in [2.24, 2.45) is 0 Å². The first-order valence-electron chi connectivity index (χ1n) is 22.8. The van der Waals surface area contributed by atoms with E-state index in [1.807, 2.05) is 66.7 Å². The molecule has 0 N–H and O–H groups in total. The molecule has 0 fully saturated rings. The molecule has 0 atom stereocenters. The molecule has 244 valence electrons. The fourth-order valence-corrected chi connectivity index (χ4v) is 6.89. The van der Waals surface area contributed by atoms with Gasteiger partial charge in [-0.25, -0.2) is 0 Å². The van der Waals surface area contributed by atoms with Gasteiger partial charge in [0, 0.05) is 38.7 Å². The van der Waals surface area contributed by atoms with Gasteiger partial charge in [0.2, 0.25) is 0 Å². The molecule has 0 bridgehead atoms. The van der Waals surface area contributed by atoms with Crippen molar-refractivity contribution in [1.82, 2.24) is 0 Å². The minimum absolute atomic E-state index is 0.0380. The molecule has 52 heavy (non-hydrogen) atoms. The van der Waals surface area contributed by atoms with Crippen LogP contribution in [0.15, 0.2) is 204 Å². The minimum Gasteiger partial charge on any atom is -0.455 e. The lowest BCUT2D eigenvalue weighted by Crippen LogP contribution is -2.11. The highest BCUT2D eigenvalue weighted by Gasteiger charge is 2.21. The maximum Gasteiger partial charge on any atom is 0.143 e. The topological polar surface area (TPSA) is 16.4 Å². The Labute approximate surface area is 319 Å². The largest absolute Gasteiger partial charge is 0.455 e. The highest BCUT2D eigenvalue weighted by Crippen LogP contribution is 2.45. The van der Waals surface area contributed by atoms with Gasteiger partial charge in [-0.2, -0.15) is 0 Å². The average molecular weight is 676 g/mol. The first kappa shape index (κ1) is 20.1. The van der Waals surface area contributed by atoms with E-state index in [2.05, 4.69) is 0 Å². The highest BCUT2D eigenvalue weighted by molar-refractivity contribution is 6.17. The zero-order valence-corrected chi connectivity index (χ0v) is 27.5. The SMILES string of the molecule is [2H]c1c([2H])c([2H])c(N(c2c([2H])c([2H])c(-c3ccccc3)c([2H])c2[2H])c2c([2H])c([2H])c(-c3cccc4ccccc34)c([2H])c2[2H])c(-c2cccc3c2oc2c4ccccc4ccc32)c1[2H]. The lowest BCUT2D eigenvalue weighted by atomic mass is 9.97. The van der Waals surface area contributed by atoms with E-state index in [0.717, 1.165) is 26.4 Å². The molecule has 0 saturated heterocycles. The van der Waals surface area contributed by atoms with Crippen molar-refractivity contribution in [3.8, 4) is 33.4 Å². The summed E-state index contributed by atoms with van der Waals surface area (Å²) in [6, 6.07) is 30.4. The van der Waals surface area contributed by atoms with E-state index < -0.39 is 89.6 Å². The summed E-state index contributed by atoms with van der Waals surface area (Å²) in [5.41, 5.74) is -0.0845. The Morgan fingerprint density at radius 2 is 0.942 bits per heavy atom. The van der Waals surface area contributed by atoms with Gasteiger partial charge in [0.05, 0.1) is 22.1 Å². The fraction of sp³-hybridized carbons (Fsp3) is 0. The Kier molecular flexibility index (Phi) is 4.81. The summed E-state index contributed by atoms with van der Waals surface area (Å²) in [5.74, 6) is 0. The molecular formula is C50H33NO. The van der Waals surface area contributed by atoms with Crippen molar-refractivity contribution in [2.75, 3.05) is 4.90 Å². The summed E-state index contributed by atoms with van der Waals surface area (Å²) in [5, 5.41) is 4.51. The van der Waals surface area contributed by atoms with E-state index >= 15 is 0 Å². The first-order valence-corrected chi connectivity index (χ1v) is 16.8. The van der Waals surface area contributed by atoms with Gasteiger partial charge < -0.3 is 9.32 Å². The van der Waals surface area contributed by atoms with Gasteiger partial charge in [-0.15, -0.1) is 0 Å². The molecule has 0 saturated carbocycles. The van der Waals surface area contributed by atoms with Crippen molar-refractivity contribution in [3.05, 3.63) is 200 Å². The van der Waals surface area contributed by atoms with Crippen LogP contribution in [0.2, 0.25) is 0 Å². The summed E-state index contributed by atoms with van der Waals surface area (Å²) >= 11 is 0. The van der Waals surface area contributed by atoms with E-state index in [0.29, 0.717) is 27.5 Å². The minimum atomic E-state index is -0.727. The second kappa shape index (κ2) is 12.5. The molecular weight excluding hydrogens is 631 g/mol. The molecule has 0 unspecified atom stereocenters. The number of rotatable bonds is 6. The van der Waals surface area contributed by atoms with Gasteiger partial charge in [-0.3, -0.25) is 0 Å². The Balaban J connectivity index is 1.36. The molecule has 0 amide bonds. The van der Waals surface area contributed by atoms with Crippen LogP contribution >= 0.6 is 0 Å². The van der Waals surface area contributed by atoms with E-state index in [4.69, 9.17) is 7.16 Å². The number of anilines is 3. The number of benzene rings is 9. The van der Waals surface area contributed by atoms with E-state index in [1.165, 1.54) is 0 Å². The number of para-hydroxylation sites is 2. The number of nitrogens with zero attached hydrogens (tertiary/aromatic N) is 1. The van der Waals surface area contributed by atoms with Gasteiger partial charge in [-0.1, -0.05) is 164 Å². The van der Waals surface area contributed by atoms with Crippen molar-refractivity contribution in [3.63, 3.8) is 0 Å². The van der Waals surface area contributed by atoms with Gasteiger partial charge >= 0.3 is 0 Å². The molecule has 0 aliphatic rings. The standard InChI is InChI=1S/C50H33NO/c1-2-12-34(13-3-1)35-24-29-39(30-25-35)51(40-31-26-38(27-32-40)42-20-10-16-36-14-4-6-17-41(36)42)48-23-9-8-19-44(48)45-21-11-22-46-47-33-28-37-15-5-7-18-43(37)49(47)52-50(45)46/h1-33H/i8D,9D,19D,23D,24D,25D,26D,27D,29D,30D,31D,32D. The zero-order valence-electron chi connectivity index (χ0n) is 39.5. The zero-order chi connectivity index (χ0) is 44.9. The van der Waals surface area contributed by atoms with Crippen molar-refractivity contribution in [2.45, 2.75) is 0 Å². The van der Waals surface area contributed by atoms with Gasteiger partial charge in [0.1, 0.15) is 11.2 Å². The van der Waals surface area contributed by atoms with E-state index in [1.54, 1.807) is 60.7 Å². The summed E-state index contributed by atoms with van der Waals surface area (Å²) < 4.78 is 120. The van der Waals surface area contributed by atoms with Gasteiger partial charge in [0.25, 0.3) is 0 Å². The molecule has 1 heterocycles. The second-order valence-electron chi connectivity index (χ2n) is 12.3. The Morgan fingerprint density at radius 1 is 0.365 bits per heavy atom. The smallest absolute Gasteiger partial charge is 0.143 e. The normalized spacial score (nSPS) is 14.7. The van der Waals surface area contributed by atoms with Crippen molar-refractivity contribution < 1.29 is 20.9 Å².